The zero-order chi connectivity index (χ0) is 17.5. The van der Waals surface area contributed by atoms with Crippen LogP contribution in [0.1, 0.15) is 32.8 Å². The largest absolute Gasteiger partial charge is 0.334 e. The van der Waals surface area contributed by atoms with Crippen LogP contribution in [-0.2, 0) is 11.3 Å². The van der Waals surface area contributed by atoms with Crippen molar-refractivity contribution in [3.8, 4) is 0 Å². The molecule has 0 aromatic heterocycles. The van der Waals surface area contributed by atoms with E-state index in [4.69, 9.17) is 0 Å². The van der Waals surface area contributed by atoms with Gasteiger partial charge in [-0.15, -0.1) is 0 Å². The van der Waals surface area contributed by atoms with Gasteiger partial charge in [0.2, 0.25) is 5.91 Å². The lowest BCUT2D eigenvalue weighted by atomic mass is 10.0. The van der Waals surface area contributed by atoms with Gasteiger partial charge in [-0.2, -0.15) is 0 Å². The second-order valence-electron chi connectivity index (χ2n) is 6.53. The zero-order valence-electron chi connectivity index (χ0n) is 14.7. The van der Waals surface area contributed by atoms with E-state index in [0.29, 0.717) is 13.1 Å². The van der Waals surface area contributed by atoms with E-state index in [9.17, 15) is 9.59 Å². The number of benzene rings is 1. The summed E-state index contributed by atoms with van der Waals surface area (Å²) < 4.78 is 0. The van der Waals surface area contributed by atoms with Crippen molar-refractivity contribution < 1.29 is 9.59 Å². The summed E-state index contributed by atoms with van der Waals surface area (Å²) in [6, 6.07) is 7.26. The number of nitrogens with one attached hydrogen (secondary N) is 3. The van der Waals surface area contributed by atoms with E-state index in [1.807, 2.05) is 59.1 Å². The lowest BCUT2D eigenvalue weighted by molar-refractivity contribution is -0.116. The van der Waals surface area contributed by atoms with Gasteiger partial charge in [0.1, 0.15) is 0 Å². The van der Waals surface area contributed by atoms with Crippen LogP contribution in [0.2, 0.25) is 0 Å². The molecule has 0 fully saturated rings. The molecular formula is C17H28N4O2. The van der Waals surface area contributed by atoms with Crippen LogP contribution in [0.15, 0.2) is 24.3 Å². The summed E-state index contributed by atoms with van der Waals surface area (Å²) in [4.78, 5) is 25.4. The first kappa shape index (κ1) is 19.0. The third kappa shape index (κ3) is 7.65. The standard InChI is InChI=1S/C17H28N4O2/c1-6-17(2,3)20-16(23)18-11-13-8-7-9-14(10-13)19-15(22)12-21(4)5/h7-10H,6,11-12H2,1-5H3,(H,19,22)(H2,18,20,23). The van der Waals surface area contributed by atoms with Crippen LogP contribution in [-0.4, -0.2) is 43.0 Å². The first-order valence-corrected chi connectivity index (χ1v) is 7.81. The summed E-state index contributed by atoms with van der Waals surface area (Å²) in [7, 11) is 3.69. The number of likely N-dealkylation sites (N-methyl/N-ethyl adjacent to an activating group) is 1. The molecule has 0 aliphatic carbocycles. The predicted octanol–water partition coefficient (Wildman–Crippen LogP) is 2.17. The topological polar surface area (TPSA) is 73.5 Å². The van der Waals surface area contributed by atoms with Crippen LogP contribution in [0.25, 0.3) is 0 Å². The van der Waals surface area contributed by atoms with E-state index in [0.717, 1.165) is 17.7 Å². The van der Waals surface area contributed by atoms with Crippen LogP contribution < -0.4 is 16.0 Å². The molecule has 0 bridgehead atoms. The van der Waals surface area contributed by atoms with Crippen molar-refractivity contribution in [3.05, 3.63) is 29.8 Å². The molecule has 0 spiro atoms. The molecule has 3 amide bonds. The number of urea groups is 1. The normalized spacial score (nSPS) is 11.2. The number of anilines is 1. The number of amides is 3. The highest BCUT2D eigenvalue weighted by molar-refractivity contribution is 5.92. The number of nitrogens with zero attached hydrogens (tertiary/aromatic N) is 1. The molecule has 6 nitrogen and oxygen atoms in total. The van der Waals surface area contributed by atoms with Crippen molar-refractivity contribution in [1.82, 2.24) is 15.5 Å². The summed E-state index contributed by atoms with van der Waals surface area (Å²) in [6.07, 6.45) is 0.855. The first-order valence-electron chi connectivity index (χ1n) is 7.81. The summed E-state index contributed by atoms with van der Waals surface area (Å²) in [5.41, 5.74) is 1.43. The zero-order valence-corrected chi connectivity index (χ0v) is 14.7. The van der Waals surface area contributed by atoms with Crippen molar-refractivity contribution in [2.75, 3.05) is 26.0 Å². The molecule has 1 aromatic rings. The maximum absolute atomic E-state index is 11.9. The smallest absolute Gasteiger partial charge is 0.315 e. The number of carbonyl (C=O) groups is 2. The van der Waals surface area contributed by atoms with Crippen LogP contribution >= 0.6 is 0 Å². The third-order valence-electron chi connectivity index (χ3n) is 3.46. The third-order valence-corrected chi connectivity index (χ3v) is 3.46. The molecule has 0 saturated carbocycles. The molecule has 0 atom stereocenters. The molecule has 128 valence electrons. The fourth-order valence-corrected chi connectivity index (χ4v) is 1.87. The van der Waals surface area contributed by atoms with Crippen molar-refractivity contribution in [3.63, 3.8) is 0 Å². The highest BCUT2D eigenvalue weighted by Crippen LogP contribution is 2.11. The first-order chi connectivity index (χ1) is 10.7. The van der Waals surface area contributed by atoms with Crippen LogP contribution in [0.4, 0.5) is 10.5 Å². The summed E-state index contributed by atoms with van der Waals surface area (Å²) in [6.45, 7) is 6.72. The highest BCUT2D eigenvalue weighted by atomic mass is 16.2. The van der Waals surface area contributed by atoms with Gasteiger partial charge < -0.3 is 20.9 Å². The minimum absolute atomic E-state index is 0.0671. The molecule has 0 heterocycles. The number of hydrogen-bond donors (Lipinski definition) is 3. The lowest BCUT2D eigenvalue weighted by Crippen LogP contribution is -2.47. The second-order valence-corrected chi connectivity index (χ2v) is 6.53. The molecule has 0 saturated heterocycles. The molecule has 0 unspecified atom stereocenters. The summed E-state index contributed by atoms with van der Waals surface area (Å²) in [5, 5.41) is 8.59. The van der Waals surface area contributed by atoms with Crippen molar-refractivity contribution >= 4 is 17.6 Å². The van der Waals surface area contributed by atoms with Gasteiger partial charge in [0.25, 0.3) is 0 Å². The Morgan fingerprint density at radius 1 is 1.22 bits per heavy atom. The van der Waals surface area contributed by atoms with Crippen molar-refractivity contribution in [1.29, 1.82) is 0 Å². The molecule has 1 rings (SSSR count). The fraction of sp³-hybridized carbons (Fsp3) is 0.529. The molecule has 0 radical (unpaired) electrons. The van der Waals surface area contributed by atoms with Gasteiger partial charge in [-0.1, -0.05) is 19.1 Å². The second kappa shape index (κ2) is 8.53. The molecular weight excluding hydrogens is 292 g/mol. The minimum atomic E-state index is -0.230. The Bertz CT molecular complexity index is 541. The Morgan fingerprint density at radius 2 is 1.91 bits per heavy atom. The van der Waals surface area contributed by atoms with E-state index in [1.165, 1.54) is 0 Å². The van der Waals surface area contributed by atoms with Gasteiger partial charge in [-0.05, 0) is 52.1 Å². The van der Waals surface area contributed by atoms with Gasteiger partial charge in [-0.3, -0.25) is 4.79 Å². The van der Waals surface area contributed by atoms with E-state index in [-0.39, 0.29) is 17.5 Å². The predicted molar refractivity (Wildman–Crippen MR) is 93.4 cm³/mol. The van der Waals surface area contributed by atoms with Crippen LogP contribution in [0, 0.1) is 0 Å². The van der Waals surface area contributed by atoms with Gasteiger partial charge in [-0.25, -0.2) is 4.79 Å². The maximum Gasteiger partial charge on any atom is 0.315 e. The highest BCUT2D eigenvalue weighted by Gasteiger charge is 2.17. The maximum atomic E-state index is 11.9. The number of rotatable bonds is 7. The summed E-state index contributed by atoms with van der Waals surface area (Å²) in [5.74, 6) is -0.0671. The Hall–Kier alpha value is -2.08. The molecule has 0 aliphatic heterocycles. The monoisotopic (exact) mass is 320 g/mol. The van der Waals surface area contributed by atoms with E-state index < -0.39 is 0 Å². The number of hydrogen-bond acceptors (Lipinski definition) is 3. The van der Waals surface area contributed by atoms with Gasteiger partial charge in [0.05, 0.1) is 6.54 Å². The minimum Gasteiger partial charge on any atom is -0.334 e. The molecule has 1 aromatic carbocycles. The van der Waals surface area contributed by atoms with Crippen LogP contribution in [0.3, 0.4) is 0 Å². The van der Waals surface area contributed by atoms with E-state index in [2.05, 4.69) is 16.0 Å². The Morgan fingerprint density at radius 3 is 2.52 bits per heavy atom. The quantitative estimate of drug-likeness (QED) is 0.721. The Balaban J connectivity index is 2.54. The van der Waals surface area contributed by atoms with Gasteiger partial charge in [0.15, 0.2) is 0 Å². The SMILES string of the molecule is CCC(C)(C)NC(=O)NCc1cccc(NC(=O)CN(C)C)c1. The van der Waals surface area contributed by atoms with Crippen molar-refractivity contribution in [2.45, 2.75) is 39.3 Å². The van der Waals surface area contributed by atoms with Crippen LogP contribution in [0.5, 0.6) is 0 Å². The molecule has 23 heavy (non-hydrogen) atoms. The average Bonchev–Trinajstić information content (AvgIpc) is 2.44. The van der Waals surface area contributed by atoms with Gasteiger partial charge >= 0.3 is 6.03 Å². The Kier molecular flexibility index (Phi) is 7.03. The lowest BCUT2D eigenvalue weighted by Gasteiger charge is -2.24. The summed E-state index contributed by atoms with van der Waals surface area (Å²) >= 11 is 0. The fourth-order valence-electron chi connectivity index (χ4n) is 1.87. The average molecular weight is 320 g/mol. The molecule has 6 heteroatoms. The van der Waals surface area contributed by atoms with E-state index >= 15 is 0 Å². The van der Waals surface area contributed by atoms with E-state index in [1.54, 1.807) is 4.90 Å². The van der Waals surface area contributed by atoms with Crippen molar-refractivity contribution in [2.24, 2.45) is 0 Å². The van der Waals surface area contributed by atoms with Gasteiger partial charge in [0, 0.05) is 17.8 Å². The molecule has 0 aliphatic rings. The number of carbonyl (C=O) groups excluding carboxylic acids is 2. The molecule has 3 N–H and O–H groups in total. The Labute approximate surface area is 138 Å².